The van der Waals surface area contributed by atoms with Crippen molar-refractivity contribution in [2.45, 2.75) is 25.3 Å². The lowest BCUT2D eigenvalue weighted by Crippen LogP contribution is -2.31. The predicted molar refractivity (Wildman–Crippen MR) is 149 cm³/mol. The highest BCUT2D eigenvalue weighted by Crippen LogP contribution is 2.45. The van der Waals surface area contributed by atoms with E-state index in [2.05, 4.69) is 0 Å². The minimum absolute atomic E-state index is 0.0105. The predicted octanol–water partition coefficient (Wildman–Crippen LogP) is 6.99. The van der Waals surface area contributed by atoms with Gasteiger partial charge in [-0.1, -0.05) is 48.0 Å². The third kappa shape index (κ3) is 5.63. The van der Waals surface area contributed by atoms with Crippen LogP contribution >= 0.6 is 11.6 Å². The van der Waals surface area contributed by atoms with Gasteiger partial charge in [-0.25, -0.2) is 5.01 Å². The monoisotopic (exact) mass is 542 g/mol. The Morgan fingerprint density at radius 2 is 1.64 bits per heavy atom. The number of non-ortho nitro benzene ring substituents is 2. The van der Waals surface area contributed by atoms with Crippen LogP contribution in [0.1, 0.15) is 42.0 Å². The number of carbonyl (C=O) groups excluding carboxylic acids is 1. The van der Waals surface area contributed by atoms with Crippen molar-refractivity contribution in [2.24, 2.45) is 11.0 Å². The quantitative estimate of drug-likeness (QED) is 0.189. The van der Waals surface area contributed by atoms with Gasteiger partial charge >= 0.3 is 0 Å². The number of rotatable bonds is 6. The molecule has 1 fully saturated rings. The van der Waals surface area contributed by atoms with Crippen molar-refractivity contribution < 1.29 is 14.6 Å². The fourth-order valence-corrected chi connectivity index (χ4v) is 5.21. The Morgan fingerprint density at radius 3 is 2.36 bits per heavy atom. The highest BCUT2D eigenvalue weighted by Gasteiger charge is 2.43. The highest BCUT2D eigenvalue weighted by molar-refractivity contribution is 6.30. The molecule has 0 radical (unpaired) electrons. The van der Waals surface area contributed by atoms with Gasteiger partial charge in [-0.2, -0.15) is 5.10 Å². The lowest BCUT2D eigenvalue weighted by atomic mass is 9.77. The number of nitrogens with zero attached hydrogens (tertiary/aromatic N) is 4. The number of fused-ring (bicyclic) bond motifs is 1. The molecule has 1 aliphatic carbocycles. The summed E-state index contributed by atoms with van der Waals surface area (Å²) < 4.78 is 0. The zero-order chi connectivity index (χ0) is 27.5. The number of hydrogen-bond acceptors (Lipinski definition) is 6. The number of halogens is 1. The second-order valence-corrected chi connectivity index (χ2v) is 9.81. The van der Waals surface area contributed by atoms with Crippen LogP contribution in [0.15, 0.2) is 89.5 Å². The topological polar surface area (TPSA) is 119 Å². The fraction of sp³-hybridized carbons (Fsp3) is 0.172. The first-order chi connectivity index (χ1) is 18.8. The van der Waals surface area contributed by atoms with Crippen LogP contribution in [0.2, 0.25) is 5.02 Å². The molecule has 196 valence electrons. The minimum Gasteiger partial charge on any atom is -0.268 e. The van der Waals surface area contributed by atoms with Gasteiger partial charge in [0, 0.05) is 41.3 Å². The van der Waals surface area contributed by atoms with E-state index in [1.807, 2.05) is 6.08 Å². The molecular formula is C29H23ClN4O5. The molecule has 1 saturated carbocycles. The number of hydrogen-bond donors (Lipinski definition) is 0. The van der Waals surface area contributed by atoms with Crippen molar-refractivity contribution in [3.8, 4) is 0 Å². The Morgan fingerprint density at radius 1 is 0.949 bits per heavy atom. The molecule has 0 saturated heterocycles. The van der Waals surface area contributed by atoms with Gasteiger partial charge in [0.15, 0.2) is 0 Å². The summed E-state index contributed by atoms with van der Waals surface area (Å²) in [6, 6.07) is 19.2. The van der Waals surface area contributed by atoms with E-state index in [0.29, 0.717) is 22.6 Å². The maximum Gasteiger partial charge on any atom is 0.270 e. The minimum atomic E-state index is -0.531. The average molecular weight is 543 g/mol. The van der Waals surface area contributed by atoms with Crippen molar-refractivity contribution in [3.63, 3.8) is 0 Å². The molecule has 5 rings (SSSR count). The molecule has 39 heavy (non-hydrogen) atoms. The van der Waals surface area contributed by atoms with Gasteiger partial charge in [-0.15, -0.1) is 0 Å². The number of hydrazone groups is 1. The van der Waals surface area contributed by atoms with Gasteiger partial charge in [0.25, 0.3) is 17.3 Å². The second-order valence-electron chi connectivity index (χ2n) is 9.37. The van der Waals surface area contributed by atoms with Crippen molar-refractivity contribution in [2.75, 3.05) is 0 Å². The Labute approximate surface area is 229 Å². The molecule has 0 unspecified atom stereocenters. The zero-order valence-electron chi connectivity index (χ0n) is 20.6. The molecule has 0 bridgehead atoms. The summed E-state index contributed by atoms with van der Waals surface area (Å²) in [5.41, 5.74) is 3.61. The zero-order valence-corrected chi connectivity index (χ0v) is 21.4. The summed E-state index contributed by atoms with van der Waals surface area (Å²) in [7, 11) is 0. The molecule has 2 aliphatic rings. The third-order valence-corrected chi connectivity index (χ3v) is 7.11. The van der Waals surface area contributed by atoms with Gasteiger partial charge in [-0.3, -0.25) is 25.0 Å². The molecule has 0 aromatic heterocycles. The Hall–Kier alpha value is -4.63. The number of amides is 1. The van der Waals surface area contributed by atoms with Crippen molar-refractivity contribution in [1.82, 2.24) is 5.01 Å². The van der Waals surface area contributed by atoms with Gasteiger partial charge in [0.1, 0.15) is 0 Å². The van der Waals surface area contributed by atoms with Crippen LogP contribution in [0, 0.1) is 26.1 Å². The SMILES string of the molecule is O=C(/C=C/c1ccc(Cl)cc1)N1N=C2/C(=C/c3cccc([N+](=O)[O-])c3)CCC[C@H]2[C@H]1c1cccc([N+](=O)[O-])c1. The summed E-state index contributed by atoms with van der Waals surface area (Å²) >= 11 is 5.96. The van der Waals surface area contributed by atoms with Crippen molar-refractivity contribution in [1.29, 1.82) is 0 Å². The molecule has 3 aromatic carbocycles. The number of benzene rings is 3. The van der Waals surface area contributed by atoms with Gasteiger partial charge in [0.2, 0.25) is 0 Å². The number of nitro groups is 2. The van der Waals surface area contributed by atoms with Crippen LogP contribution in [0.5, 0.6) is 0 Å². The smallest absolute Gasteiger partial charge is 0.268 e. The number of carbonyl (C=O) groups is 1. The molecule has 1 amide bonds. The summed E-state index contributed by atoms with van der Waals surface area (Å²) in [5, 5.41) is 29.5. The van der Waals surface area contributed by atoms with Crippen LogP contribution in [-0.2, 0) is 4.79 Å². The lowest BCUT2D eigenvalue weighted by molar-refractivity contribution is -0.385. The van der Waals surface area contributed by atoms with E-state index in [-0.39, 0.29) is 23.2 Å². The van der Waals surface area contributed by atoms with Crippen LogP contribution in [0.4, 0.5) is 11.4 Å². The van der Waals surface area contributed by atoms with E-state index in [1.165, 1.54) is 35.4 Å². The Balaban J connectivity index is 1.54. The Bertz CT molecular complexity index is 1550. The first-order valence-corrected chi connectivity index (χ1v) is 12.7. The molecule has 0 spiro atoms. The summed E-state index contributed by atoms with van der Waals surface area (Å²) in [6.07, 6.45) is 7.23. The molecule has 1 aliphatic heterocycles. The van der Waals surface area contributed by atoms with E-state index in [0.717, 1.165) is 29.7 Å². The first kappa shape index (κ1) is 26.0. The van der Waals surface area contributed by atoms with Crippen LogP contribution < -0.4 is 0 Å². The second kappa shape index (κ2) is 11.0. The van der Waals surface area contributed by atoms with E-state index in [9.17, 15) is 25.0 Å². The van der Waals surface area contributed by atoms with Crippen molar-refractivity contribution >= 4 is 46.7 Å². The van der Waals surface area contributed by atoms with E-state index in [4.69, 9.17) is 16.7 Å². The molecule has 9 nitrogen and oxygen atoms in total. The summed E-state index contributed by atoms with van der Waals surface area (Å²) in [4.78, 5) is 35.4. The third-order valence-electron chi connectivity index (χ3n) is 6.86. The highest BCUT2D eigenvalue weighted by atomic mass is 35.5. The van der Waals surface area contributed by atoms with E-state index >= 15 is 0 Å². The van der Waals surface area contributed by atoms with Gasteiger partial charge in [-0.05, 0) is 65.8 Å². The molecule has 10 heteroatoms. The van der Waals surface area contributed by atoms with Crippen LogP contribution in [-0.4, -0.2) is 26.5 Å². The normalized spacial score (nSPS) is 19.7. The van der Waals surface area contributed by atoms with Crippen LogP contribution in [0.25, 0.3) is 12.2 Å². The maximum atomic E-state index is 13.5. The van der Waals surface area contributed by atoms with Crippen LogP contribution in [0.3, 0.4) is 0 Å². The summed E-state index contributed by atoms with van der Waals surface area (Å²) in [5.74, 6) is -0.545. The Kier molecular flexibility index (Phi) is 7.33. The molecular weight excluding hydrogens is 520 g/mol. The molecule has 0 N–H and O–H groups in total. The number of nitro benzene ring substituents is 2. The standard InChI is InChI=1S/C29H23ClN4O5/c30-23-13-10-19(11-14-23)12-15-27(35)32-29(22-6-2-8-25(18-22)34(38)39)26-9-3-5-21(28(26)31-32)16-20-4-1-7-24(17-20)33(36)37/h1-2,4,6-8,10-18,26,29H,3,5,9H2/b15-12+,21-16+/t26-,29-/m1/s1. The first-order valence-electron chi connectivity index (χ1n) is 12.4. The van der Waals surface area contributed by atoms with E-state index in [1.54, 1.807) is 54.6 Å². The maximum absolute atomic E-state index is 13.5. The molecule has 3 aromatic rings. The summed E-state index contributed by atoms with van der Waals surface area (Å²) in [6.45, 7) is 0. The average Bonchev–Trinajstić information content (AvgIpc) is 3.33. The number of allylic oxidation sites excluding steroid dienone is 1. The largest absolute Gasteiger partial charge is 0.270 e. The van der Waals surface area contributed by atoms with Gasteiger partial charge in [0.05, 0.1) is 21.6 Å². The lowest BCUT2D eigenvalue weighted by Gasteiger charge is -2.29. The molecule has 2 atom stereocenters. The van der Waals surface area contributed by atoms with Crippen molar-refractivity contribution in [3.05, 3.63) is 126 Å². The van der Waals surface area contributed by atoms with Gasteiger partial charge < -0.3 is 0 Å². The fourth-order valence-electron chi connectivity index (χ4n) is 5.09. The van der Waals surface area contributed by atoms with E-state index < -0.39 is 15.9 Å². The molecule has 1 heterocycles.